The summed E-state index contributed by atoms with van der Waals surface area (Å²) in [6.45, 7) is 23.8. The summed E-state index contributed by atoms with van der Waals surface area (Å²) in [6, 6.07) is 0. The van der Waals surface area contributed by atoms with E-state index in [1.165, 1.54) is 0 Å². The zero-order valence-electron chi connectivity index (χ0n) is 19.6. The maximum atomic E-state index is 13.3. The Bertz CT molecular complexity index is 445. The highest BCUT2D eigenvalue weighted by Gasteiger charge is 2.40. The standard InChI is InChI=1S/C22H45NO3/c1-17(2)15-20(6,7)23(19(3,4)5)18(24)16-22(10,11)26-14-13-21(8,9)25-12/h17H,13-16H2,1-12H3. The third-order valence-electron chi connectivity index (χ3n) is 4.76. The first kappa shape index (κ1) is 25.4. The smallest absolute Gasteiger partial charge is 0.226 e. The Morgan fingerprint density at radius 2 is 1.42 bits per heavy atom. The Kier molecular flexibility index (Phi) is 8.84. The lowest BCUT2D eigenvalue weighted by Gasteiger charge is -2.49. The minimum absolute atomic E-state index is 0.152. The van der Waals surface area contributed by atoms with Crippen LogP contribution in [0.5, 0.6) is 0 Å². The summed E-state index contributed by atoms with van der Waals surface area (Å²) in [7, 11) is 1.71. The normalized spacial score (nSPS) is 14.0. The van der Waals surface area contributed by atoms with E-state index in [0.29, 0.717) is 18.9 Å². The third-order valence-corrected chi connectivity index (χ3v) is 4.76. The van der Waals surface area contributed by atoms with E-state index in [2.05, 4.69) is 53.4 Å². The van der Waals surface area contributed by atoms with Crippen molar-refractivity contribution >= 4 is 5.91 Å². The fourth-order valence-electron chi connectivity index (χ4n) is 3.88. The highest BCUT2D eigenvalue weighted by molar-refractivity contribution is 5.78. The van der Waals surface area contributed by atoms with Crippen LogP contribution in [0.1, 0.15) is 95.4 Å². The van der Waals surface area contributed by atoms with Crippen molar-refractivity contribution in [1.29, 1.82) is 0 Å². The highest BCUT2D eigenvalue weighted by Crippen LogP contribution is 2.33. The largest absolute Gasteiger partial charge is 0.379 e. The van der Waals surface area contributed by atoms with E-state index < -0.39 is 5.60 Å². The Labute approximate surface area is 163 Å². The van der Waals surface area contributed by atoms with Gasteiger partial charge in [0.1, 0.15) is 0 Å². The zero-order valence-corrected chi connectivity index (χ0v) is 19.6. The molecule has 0 aromatic heterocycles. The maximum absolute atomic E-state index is 13.3. The number of nitrogens with zero attached hydrogens (tertiary/aromatic N) is 1. The molecule has 0 atom stereocenters. The molecule has 0 saturated heterocycles. The molecular weight excluding hydrogens is 326 g/mol. The zero-order chi connectivity index (χ0) is 21.0. The molecule has 0 radical (unpaired) electrons. The molecule has 0 N–H and O–H groups in total. The van der Waals surface area contributed by atoms with Crippen LogP contribution in [0, 0.1) is 5.92 Å². The summed E-state index contributed by atoms with van der Waals surface area (Å²) in [4.78, 5) is 15.3. The lowest BCUT2D eigenvalue weighted by molar-refractivity contribution is -0.151. The first-order valence-corrected chi connectivity index (χ1v) is 9.96. The average Bonchev–Trinajstić information content (AvgIpc) is 2.32. The third kappa shape index (κ3) is 8.85. The predicted octanol–water partition coefficient (Wildman–Crippen LogP) is 5.44. The van der Waals surface area contributed by atoms with Gasteiger partial charge in [0.15, 0.2) is 0 Å². The molecule has 0 aromatic carbocycles. The molecule has 0 fully saturated rings. The molecule has 0 spiro atoms. The van der Waals surface area contributed by atoms with Gasteiger partial charge in [-0.05, 0) is 81.1 Å². The topological polar surface area (TPSA) is 38.8 Å². The first-order chi connectivity index (χ1) is 11.4. The second-order valence-corrected chi connectivity index (χ2v) is 10.8. The summed E-state index contributed by atoms with van der Waals surface area (Å²) in [5.41, 5.74) is -1.14. The number of methoxy groups -OCH3 is 1. The molecule has 4 nitrogen and oxygen atoms in total. The van der Waals surface area contributed by atoms with Crippen LogP contribution in [0.3, 0.4) is 0 Å². The SMILES string of the molecule is COC(C)(C)CCOC(C)(C)CC(=O)N(C(C)(C)C)C(C)(C)CC(C)C. The second-order valence-electron chi connectivity index (χ2n) is 10.8. The van der Waals surface area contributed by atoms with Crippen LogP contribution in [-0.2, 0) is 14.3 Å². The van der Waals surface area contributed by atoms with Crippen molar-refractivity contribution in [3.05, 3.63) is 0 Å². The van der Waals surface area contributed by atoms with Crippen LogP contribution in [0.2, 0.25) is 0 Å². The molecular formula is C22H45NO3. The van der Waals surface area contributed by atoms with Crippen molar-refractivity contribution in [1.82, 2.24) is 4.90 Å². The highest BCUT2D eigenvalue weighted by atomic mass is 16.5. The van der Waals surface area contributed by atoms with Gasteiger partial charge < -0.3 is 14.4 Å². The van der Waals surface area contributed by atoms with Crippen LogP contribution in [0.15, 0.2) is 0 Å². The van der Waals surface area contributed by atoms with Gasteiger partial charge in [0, 0.05) is 18.2 Å². The number of hydrogen-bond donors (Lipinski definition) is 0. The van der Waals surface area contributed by atoms with Gasteiger partial charge in [0.2, 0.25) is 5.91 Å². The summed E-state index contributed by atoms with van der Waals surface area (Å²) in [5, 5.41) is 0. The lowest BCUT2D eigenvalue weighted by Crippen LogP contribution is -2.58. The molecule has 0 unspecified atom stereocenters. The van der Waals surface area contributed by atoms with Crippen LogP contribution in [-0.4, -0.2) is 46.8 Å². The minimum Gasteiger partial charge on any atom is -0.379 e. The minimum atomic E-state index is -0.502. The molecule has 0 aromatic rings. The Balaban J connectivity index is 5.14. The average molecular weight is 372 g/mol. The van der Waals surface area contributed by atoms with Crippen molar-refractivity contribution < 1.29 is 14.3 Å². The van der Waals surface area contributed by atoms with Gasteiger partial charge in [0.25, 0.3) is 0 Å². The molecule has 26 heavy (non-hydrogen) atoms. The van der Waals surface area contributed by atoms with Crippen LogP contribution in [0.4, 0.5) is 0 Å². The molecule has 4 heteroatoms. The van der Waals surface area contributed by atoms with Gasteiger partial charge in [0.05, 0.1) is 24.2 Å². The quantitative estimate of drug-likeness (QED) is 0.513. The van der Waals surface area contributed by atoms with Gasteiger partial charge >= 0.3 is 0 Å². The number of carbonyl (C=O) groups is 1. The molecule has 0 aliphatic carbocycles. The van der Waals surface area contributed by atoms with Crippen molar-refractivity contribution in [2.24, 2.45) is 5.92 Å². The van der Waals surface area contributed by atoms with E-state index in [1.807, 2.05) is 27.7 Å². The Morgan fingerprint density at radius 3 is 1.81 bits per heavy atom. The van der Waals surface area contributed by atoms with E-state index in [9.17, 15) is 4.79 Å². The van der Waals surface area contributed by atoms with E-state index in [1.54, 1.807) is 7.11 Å². The first-order valence-electron chi connectivity index (χ1n) is 9.96. The number of ether oxygens (including phenoxy) is 2. The summed E-state index contributed by atoms with van der Waals surface area (Å²) < 4.78 is 11.5. The molecule has 0 heterocycles. The summed E-state index contributed by atoms with van der Waals surface area (Å²) in [5.74, 6) is 0.683. The maximum Gasteiger partial charge on any atom is 0.226 e. The van der Waals surface area contributed by atoms with Gasteiger partial charge in [-0.1, -0.05) is 13.8 Å². The summed E-state index contributed by atoms with van der Waals surface area (Å²) in [6.07, 6.45) is 2.14. The van der Waals surface area contributed by atoms with E-state index in [0.717, 1.165) is 12.8 Å². The van der Waals surface area contributed by atoms with Crippen LogP contribution < -0.4 is 0 Å². The van der Waals surface area contributed by atoms with Gasteiger partial charge in [-0.25, -0.2) is 0 Å². The molecule has 156 valence electrons. The fraction of sp³-hybridized carbons (Fsp3) is 0.955. The van der Waals surface area contributed by atoms with Crippen molar-refractivity contribution in [3.8, 4) is 0 Å². The molecule has 0 rings (SSSR count). The predicted molar refractivity (Wildman–Crippen MR) is 110 cm³/mol. The van der Waals surface area contributed by atoms with Crippen LogP contribution in [0.25, 0.3) is 0 Å². The molecule has 0 aliphatic rings. The van der Waals surface area contributed by atoms with Crippen molar-refractivity contribution in [2.75, 3.05) is 13.7 Å². The van der Waals surface area contributed by atoms with Gasteiger partial charge in [-0.2, -0.15) is 0 Å². The molecule has 0 bridgehead atoms. The van der Waals surface area contributed by atoms with Gasteiger partial charge in [-0.3, -0.25) is 4.79 Å². The summed E-state index contributed by atoms with van der Waals surface area (Å²) >= 11 is 0. The number of hydrogen-bond acceptors (Lipinski definition) is 3. The number of amides is 1. The Morgan fingerprint density at radius 1 is 0.923 bits per heavy atom. The van der Waals surface area contributed by atoms with Crippen molar-refractivity contribution in [3.63, 3.8) is 0 Å². The number of rotatable bonds is 10. The van der Waals surface area contributed by atoms with Crippen LogP contribution >= 0.6 is 0 Å². The molecule has 0 aliphatic heterocycles. The monoisotopic (exact) mass is 371 g/mol. The van der Waals surface area contributed by atoms with E-state index in [-0.39, 0.29) is 22.6 Å². The lowest BCUT2D eigenvalue weighted by atomic mass is 9.85. The fourth-order valence-corrected chi connectivity index (χ4v) is 3.88. The second kappa shape index (κ2) is 9.05. The van der Waals surface area contributed by atoms with Crippen molar-refractivity contribution in [2.45, 2.75) is 118 Å². The van der Waals surface area contributed by atoms with E-state index in [4.69, 9.17) is 9.47 Å². The number of carbonyl (C=O) groups excluding carboxylic acids is 1. The Hall–Kier alpha value is -0.610. The molecule has 1 amide bonds. The van der Waals surface area contributed by atoms with Gasteiger partial charge in [-0.15, -0.1) is 0 Å². The molecule has 0 saturated carbocycles. The van der Waals surface area contributed by atoms with E-state index >= 15 is 0 Å².